The van der Waals surface area contributed by atoms with Gasteiger partial charge in [-0.3, -0.25) is 0 Å². The van der Waals surface area contributed by atoms with E-state index >= 15 is 0 Å². The summed E-state index contributed by atoms with van der Waals surface area (Å²) in [5, 5.41) is 2.31. The van der Waals surface area contributed by atoms with E-state index < -0.39 is 5.41 Å². The molecule has 1 aromatic heterocycles. The fourth-order valence-corrected chi connectivity index (χ4v) is 10.3. The van der Waals surface area contributed by atoms with Crippen LogP contribution in [-0.4, -0.2) is 9.97 Å². The number of hydrogen-bond donors (Lipinski definition) is 0. The van der Waals surface area contributed by atoms with E-state index in [0.29, 0.717) is 5.82 Å². The molecule has 2 heteroatoms. The van der Waals surface area contributed by atoms with Crippen LogP contribution in [0.3, 0.4) is 0 Å². The van der Waals surface area contributed by atoms with Crippen molar-refractivity contribution in [2.24, 2.45) is 0 Å². The van der Waals surface area contributed by atoms with Crippen LogP contribution in [0.1, 0.15) is 22.3 Å². The smallest absolute Gasteiger partial charge is 0.160 e. The van der Waals surface area contributed by atoms with Gasteiger partial charge in [0.25, 0.3) is 0 Å². The molecule has 0 N–H and O–H groups in total. The first-order valence-electron chi connectivity index (χ1n) is 22.3. The first kappa shape index (κ1) is 38.2. The molecular formula is C63H42N2. The third kappa shape index (κ3) is 6.50. The third-order valence-electron chi connectivity index (χ3n) is 13.2. The molecule has 1 heterocycles. The molecule has 0 saturated heterocycles. The first-order chi connectivity index (χ1) is 32.2. The summed E-state index contributed by atoms with van der Waals surface area (Å²) in [6.45, 7) is 0. The second kappa shape index (κ2) is 16.0. The summed E-state index contributed by atoms with van der Waals surface area (Å²) in [6.07, 6.45) is 0. The third-order valence-corrected chi connectivity index (χ3v) is 13.2. The zero-order valence-electron chi connectivity index (χ0n) is 35.6. The molecule has 10 aromatic carbocycles. The molecule has 2 nitrogen and oxygen atoms in total. The van der Waals surface area contributed by atoms with Gasteiger partial charge in [0.05, 0.1) is 16.8 Å². The van der Waals surface area contributed by atoms with Gasteiger partial charge in [-0.05, 0) is 95.7 Å². The highest BCUT2D eigenvalue weighted by Crippen LogP contribution is 2.57. The van der Waals surface area contributed by atoms with Crippen LogP contribution < -0.4 is 0 Å². The molecule has 1 aliphatic rings. The minimum Gasteiger partial charge on any atom is -0.228 e. The minimum atomic E-state index is -0.442. The summed E-state index contributed by atoms with van der Waals surface area (Å²) < 4.78 is 0. The fraction of sp³-hybridized carbons (Fsp3) is 0.0159. The van der Waals surface area contributed by atoms with Crippen molar-refractivity contribution in [1.29, 1.82) is 0 Å². The molecule has 1 aliphatic carbocycles. The van der Waals surface area contributed by atoms with E-state index in [4.69, 9.17) is 9.97 Å². The molecule has 304 valence electrons. The summed E-state index contributed by atoms with van der Waals surface area (Å²) in [5.74, 6) is 0.690. The Hall–Kier alpha value is -8.46. The average Bonchev–Trinajstić information content (AvgIpc) is 3.69. The van der Waals surface area contributed by atoms with Crippen molar-refractivity contribution in [3.8, 4) is 78.4 Å². The molecule has 0 saturated carbocycles. The highest BCUT2D eigenvalue weighted by atomic mass is 14.9. The largest absolute Gasteiger partial charge is 0.228 e. The minimum absolute atomic E-state index is 0.442. The van der Waals surface area contributed by atoms with Gasteiger partial charge in [0.2, 0.25) is 0 Å². The summed E-state index contributed by atoms with van der Waals surface area (Å²) in [5.41, 5.74) is 19.0. The maximum Gasteiger partial charge on any atom is 0.160 e. The maximum atomic E-state index is 5.35. The Kier molecular flexibility index (Phi) is 9.43. The van der Waals surface area contributed by atoms with E-state index in [1.807, 2.05) is 6.07 Å². The number of rotatable bonds is 8. The summed E-state index contributed by atoms with van der Waals surface area (Å²) in [7, 11) is 0. The van der Waals surface area contributed by atoms with E-state index in [2.05, 4.69) is 249 Å². The van der Waals surface area contributed by atoms with E-state index in [-0.39, 0.29) is 0 Å². The van der Waals surface area contributed by atoms with Gasteiger partial charge in [-0.2, -0.15) is 0 Å². The van der Waals surface area contributed by atoms with E-state index in [1.165, 1.54) is 55.5 Å². The van der Waals surface area contributed by atoms with Gasteiger partial charge in [0, 0.05) is 16.7 Å². The van der Waals surface area contributed by atoms with Crippen LogP contribution in [-0.2, 0) is 5.41 Å². The normalized spacial score (nSPS) is 12.4. The van der Waals surface area contributed by atoms with Crippen molar-refractivity contribution in [2.45, 2.75) is 5.41 Å². The average molecular weight is 827 g/mol. The van der Waals surface area contributed by atoms with Crippen LogP contribution in [0.5, 0.6) is 0 Å². The molecule has 12 rings (SSSR count). The van der Waals surface area contributed by atoms with Crippen LogP contribution in [0.2, 0.25) is 0 Å². The molecule has 0 spiro atoms. The SMILES string of the molecule is c1ccc(-c2ccc(-c3cc(-c4ccc(-c5ccc6c(c5)-c5ccccc5C6(c5ccccc5)c5ccccc5)c5ccccc45)nc(-c4ccccc4)n3)c(-c3ccccc3)c2)cc1. The second-order valence-corrected chi connectivity index (χ2v) is 16.8. The van der Waals surface area contributed by atoms with Crippen molar-refractivity contribution in [1.82, 2.24) is 9.97 Å². The molecule has 0 radical (unpaired) electrons. The van der Waals surface area contributed by atoms with Gasteiger partial charge in [0.15, 0.2) is 5.82 Å². The Morgan fingerprint density at radius 1 is 0.246 bits per heavy atom. The molecule has 0 unspecified atom stereocenters. The van der Waals surface area contributed by atoms with Crippen LogP contribution in [0.25, 0.3) is 89.2 Å². The van der Waals surface area contributed by atoms with Crippen molar-refractivity contribution in [3.63, 3.8) is 0 Å². The Morgan fingerprint density at radius 2 is 0.708 bits per heavy atom. The van der Waals surface area contributed by atoms with Crippen molar-refractivity contribution >= 4 is 10.8 Å². The van der Waals surface area contributed by atoms with Gasteiger partial charge < -0.3 is 0 Å². The summed E-state index contributed by atoms with van der Waals surface area (Å²) >= 11 is 0. The Labute approximate surface area is 379 Å². The predicted octanol–water partition coefficient (Wildman–Crippen LogP) is 16.0. The number of benzene rings is 10. The number of fused-ring (bicyclic) bond motifs is 4. The van der Waals surface area contributed by atoms with Gasteiger partial charge in [-0.25, -0.2) is 9.97 Å². The first-order valence-corrected chi connectivity index (χ1v) is 22.3. The van der Waals surface area contributed by atoms with Gasteiger partial charge in [0.1, 0.15) is 0 Å². The molecule has 0 fully saturated rings. The molecule has 0 atom stereocenters. The second-order valence-electron chi connectivity index (χ2n) is 16.8. The lowest BCUT2D eigenvalue weighted by molar-refractivity contribution is 0.768. The zero-order chi connectivity index (χ0) is 43.2. The lowest BCUT2D eigenvalue weighted by Crippen LogP contribution is -2.28. The van der Waals surface area contributed by atoms with E-state index in [1.54, 1.807) is 0 Å². The summed E-state index contributed by atoms with van der Waals surface area (Å²) in [6, 6.07) is 91.9. The maximum absolute atomic E-state index is 5.35. The molecule has 65 heavy (non-hydrogen) atoms. The quantitative estimate of drug-likeness (QED) is 0.152. The molecule has 0 aliphatic heterocycles. The van der Waals surface area contributed by atoms with Gasteiger partial charge in [-0.15, -0.1) is 0 Å². The monoisotopic (exact) mass is 826 g/mol. The van der Waals surface area contributed by atoms with Crippen LogP contribution in [0.4, 0.5) is 0 Å². The van der Waals surface area contributed by atoms with Crippen LogP contribution in [0.15, 0.2) is 255 Å². The predicted molar refractivity (Wildman–Crippen MR) is 269 cm³/mol. The standard InChI is InChI=1S/C63H42N2/c1-6-20-43(21-7-1)46-34-36-55(56(40-46)44-22-8-2-9-23-44)61-42-60(64-62(65-61)45-24-10-3-11-25-45)54-38-37-50(51-30-16-17-31-52(51)54)47-35-39-59-57(41-47)53-32-18-19-33-58(53)63(59,48-26-12-4-13-27-48)49-28-14-5-15-29-49/h1-42H. The Morgan fingerprint density at radius 3 is 1.37 bits per heavy atom. The number of aromatic nitrogens is 2. The molecule has 0 bridgehead atoms. The van der Waals surface area contributed by atoms with Gasteiger partial charge in [-0.1, -0.05) is 237 Å². The van der Waals surface area contributed by atoms with Crippen LogP contribution in [0, 0.1) is 0 Å². The molecular weight excluding hydrogens is 785 g/mol. The van der Waals surface area contributed by atoms with Crippen LogP contribution >= 0.6 is 0 Å². The highest BCUT2D eigenvalue weighted by molar-refractivity contribution is 6.05. The van der Waals surface area contributed by atoms with Crippen molar-refractivity contribution < 1.29 is 0 Å². The lowest BCUT2D eigenvalue weighted by Gasteiger charge is -2.33. The van der Waals surface area contributed by atoms with Crippen molar-refractivity contribution in [3.05, 3.63) is 277 Å². The van der Waals surface area contributed by atoms with E-state index in [9.17, 15) is 0 Å². The molecule has 11 aromatic rings. The van der Waals surface area contributed by atoms with E-state index in [0.717, 1.165) is 50.2 Å². The number of hydrogen-bond acceptors (Lipinski definition) is 2. The van der Waals surface area contributed by atoms with Crippen molar-refractivity contribution in [2.75, 3.05) is 0 Å². The highest BCUT2D eigenvalue weighted by Gasteiger charge is 2.46. The van der Waals surface area contributed by atoms with Gasteiger partial charge >= 0.3 is 0 Å². The lowest BCUT2D eigenvalue weighted by atomic mass is 9.67. The Bertz CT molecular complexity index is 3470. The summed E-state index contributed by atoms with van der Waals surface area (Å²) in [4.78, 5) is 10.7. The topological polar surface area (TPSA) is 25.8 Å². The molecule has 0 amide bonds. The Balaban J connectivity index is 1.03. The fourth-order valence-electron chi connectivity index (χ4n) is 10.3. The zero-order valence-corrected chi connectivity index (χ0v) is 35.6. The number of nitrogens with zero attached hydrogens (tertiary/aromatic N) is 2.